The van der Waals surface area contributed by atoms with Crippen LogP contribution in [0.25, 0.3) is 0 Å². The van der Waals surface area contributed by atoms with Crippen LogP contribution in [-0.2, 0) is 6.54 Å². The van der Waals surface area contributed by atoms with Gasteiger partial charge in [0.1, 0.15) is 0 Å². The van der Waals surface area contributed by atoms with Gasteiger partial charge >= 0.3 is 0 Å². The van der Waals surface area contributed by atoms with E-state index in [2.05, 4.69) is 40.2 Å². The molecule has 1 aromatic heterocycles. The van der Waals surface area contributed by atoms with E-state index in [1.165, 1.54) is 5.56 Å². The predicted molar refractivity (Wildman–Crippen MR) is 91.8 cm³/mol. The Morgan fingerprint density at radius 1 is 1.09 bits per heavy atom. The molecule has 0 saturated carbocycles. The molecule has 0 unspecified atom stereocenters. The molecule has 22 heavy (non-hydrogen) atoms. The maximum absolute atomic E-state index is 6.11. The lowest BCUT2D eigenvalue weighted by Crippen LogP contribution is -2.32. The van der Waals surface area contributed by atoms with Crippen molar-refractivity contribution >= 4 is 23.0 Å². The van der Waals surface area contributed by atoms with E-state index in [0.29, 0.717) is 22.4 Å². The summed E-state index contributed by atoms with van der Waals surface area (Å²) in [7, 11) is 0. The van der Waals surface area contributed by atoms with Crippen LogP contribution in [0.2, 0.25) is 5.15 Å². The number of nitrogen functional groups attached to an aromatic ring is 2. The molecule has 1 aromatic carbocycles. The van der Waals surface area contributed by atoms with Crippen molar-refractivity contribution in [2.75, 3.05) is 24.6 Å². The standard InChI is InChI=1S/C17H21ClN4/c18-17-16(20)15(19)14(10-21-17)13-6-8-22(9-7-13)11-12-4-2-1-3-5-12/h1-5,10,13H,6-9,11,20H2,(H2,19,21). The Morgan fingerprint density at radius 2 is 1.77 bits per heavy atom. The Hall–Kier alpha value is -1.78. The molecule has 5 heteroatoms. The zero-order valence-corrected chi connectivity index (χ0v) is 13.3. The van der Waals surface area contributed by atoms with Crippen molar-refractivity contribution in [3.63, 3.8) is 0 Å². The van der Waals surface area contributed by atoms with Gasteiger partial charge in [0.15, 0.2) is 5.15 Å². The Labute approximate surface area is 136 Å². The van der Waals surface area contributed by atoms with E-state index in [0.717, 1.165) is 38.0 Å². The van der Waals surface area contributed by atoms with Crippen LogP contribution < -0.4 is 11.5 Å². The van der Waals surface area contributed by atoms with Crippen molar-refractivity contribution in [3.05, 3.63) is 52.8 Å². The molecule has 3 rings (SSSR count). The third-order valence-corrected chi connectivity index (χ3v) is 4.72. The first-order chi connectivity index (χ1) is 10.6. The predicted octanol–water partition coefficient (Wildman–Crippen LogP) is 3.28. The Balaban J connectivity index is 1.63. The van der Waals surface area contributed by atoms with Crippen LogP contribution in [0.1, 0.15) is 29.9 Å². The summed E-state index contributed by atoms with van der Waals surface area (Å²) >= 11 is 5.91. The van der Waals surface area contributed by atoms with Crippen LogP contribution in [0, 0.1) is 0 Å². The zero-order valence-electron chi connectivity index (χ0n) is 12.5. The van der Waals surface area contributed by atoms with Crippen LogP contribution >= 0.6 is 11.6 Å². The van der Waals surface area contributed by atoms with E-state index in [9.17, 15) is 0 Å². The van der Waals surface area contributed by atoms with Crippen LogP contribution in [0.15, 0.2) is 36.5 Å². The number of benzene rings is 1. The molecule has 0 atom stereocenters. The van der Waals surface area contributed by atoms with Gasteiger partial charge in [-0.1, -0.05) is 41.9 Å². The highest BCUT2D eigenvalue weighted by Crippen LogP contribution is 2.36. The molecule has 2 heterocycles. The molecule has 0 amide bonds. The second-order valence-corrected chi connectivity index (χ2v) is 6.23. The number of pyridine rings is 1. The first kappa shape index (κ1) is 15.1. The third kappa shape index (κ3) is 3.18. The lowest BCUT2D eigenvalue weighted by atomic mass is 9.89. The van der Waals surface area contributed by atoms with Gasteiger partial charge < -0.3 is 11.5 Å². The summed E-state index contributed by atoms with van der Waals surface area (Å²) in [5.74, 6) is 0.416. The van der Waals surface area contributed by atoms with E-state index < -0.39 is 0 Å². The minimum absolute atomic E-state index is 0.294. The highest BCUT2D eigenvalue weighted by Gasteiger charge is 2.23. The number of nitrogens with zero attached hydrogens (tertiary/aromatic N) is 2. The molecule has 4 nitrogen and oxygen atoms in total. The number of rotatable bonds is 3. The highest BCUT2D eigenvalue weighted by molar-refractivity contribution is 6.32. The second-order valence-electron chi connectivity index (χ2n) is 5.87. The Bertz CT molecular complexity index is 637. The van der Waals surface area contributed by atoms with Gasteiger partial charge in [-0.15, -0.1) is 0 Å². The molecule has 4 N–H and O–H groups in total. The smallest absolute Gasteiger partial charge is 0.154 e. The molecule has 0 radical (unpaired) electrons. The van der Waals surface area contributed by atoms with E-state index in [1.54, 1.807) is 6.20 Å². The van der Waals surface area contributed by atoms with Gasteiger partial charge in [-0.25, -0.2) is 4.98 Å². The molecular formula is C17H21ClN4. The molecule has 1 fully saturated rings. The van der Waals surface area contributed by atoms with Gasteiger partial charge in [0.05, 0.1) is 11.4 Å². The summed E-state index contributed by atoms with van der Waals surface area (Å²) in [6.45, 7) is 3.12. The fourth-order valence-electron chi connectivity index (χ4n) is 3.10. The monoisotopic (exact) mass is 316 g/mol. The maximum Gasteiger partial charge on any atom is 0.154 e. The average Bonchev–Trinajstić information content (AvgIpc) is 2.55. The van der Waals surface area contributed by atoms with Crippen molar-refractivity contribution in [2.24, 2.45) is 0 Å². The van der Waals surface area contributed by atoms with Gasteiger partial charge in [0, 0.05) is 12.7 Å². The zero-order chi connectivity index (χ0) is 15.5. The molecule has 2 aromatic rings. The molecule has 1 aliphatic heterocycles. The normalized spacial score (nSPS) is 16.8. The number of anilines is 2. The number of hydrogen-bond donors (Lipinski definition) is 2. The van der Waals surface area contributed by atoms with Crippen LogP contribution in [0.4, 0.5) is 11.4 Å². The lowest BCUT2D eigenvalue weighted by Gasteiger charge is -2.32. The van der Waals surface area contributed by atoms with E-state index >= 15 is 0 Å². The fraction of sp³-hybridized carbons (Fsp3) is 0.353. The Kier molecular flexibility index (Phi) is 4.50. The quantitative estimate of drug-likeness (QED) is 0.853. The maximum atomic E-state index is 6.11. The van der Waals surface area contributed by atoms with Crippen LogP contribution in [0.5, 0.6) is 0 Å². The van der Waals surface area contributed by atoms with Crippen molar-refractivity contribution in [1.29, 1.82) is 0 Å². The number of aromatic nitrogens is 1. The number of likely N-dealkylation sites (tertiary alicyclic amines) is 1. The van der Waals surface area contributed by atoms with E-state index in [1.807, 2.05) is 0 Å². The van der Waals surface area contributed by atoms with Gasteiger partial charge in [-0.05, 0) is 43.0 Å². The Morgan fingerprint density at radius 3 is 2.45 bits per heavy atom. The largest absolute Gasteiger partial charge is 0.397 e. The lowest BCUT2D eigenvalue weighted by molar-refractivity contribution is 0.205. The first-order valence-corrected chi connectivity index (χ1v) is 7.98. The van der Waals surface area contributed by atoms with Crippen molar-refractivity contribution in [1.82, 2.24) is 9.88 Å². The topological polar surface area (TPSA) is 68.2 Å². The molecule has 0 bridgehead atoms. The summed E-state index contributed by atoms with van der Waals surface area (Å²) < 4.78 is 0. The van der Waals surface area contributed by atoms with Crippen molar-refractivity contribution in [3.8, 4) is 0 Å². The minimum Gasteiger partial charge on any atom is -0.397 e. The summed E-state index contributed by atoms with van der Waals surface area (Å²) in [5, 5.41) is 0.294. The highest BCUT2D eigenvalue weighted by atomic mass is 35.5. The minimum atomic E-state index is 0.294. The summed E-state index contributed by atoms with van der Waals surface area (Å²) in [6.07, 6.45) is 3.92. The summed E-state index contributed by atoms with van der Waals surface area (Å²) in [5.41, 5.74) is 15.4. The molecule has 0 spiro atoms. The van der Waals surface area contributed by atoms with Crippen molar-refractivity contribution < 1.29 is 0 Å². The molecule has 116 valence electrons. The number of piperidine rings is 1. The number of hydrogen-bond acceptors (Lipinski definition) is 4. The average molecular weight is 317 g/mol. The van der Waals surface area contributed by atoms with E-state index in [4.69, 9.17) is 23.1 Å². The molecular weight excluding hydrogens is 296 g/mol. The molecule has 1 saturated heterocycles. The number of halogens is 1. The van der Waals surface area contributed by atoms with Gasteiger partial charge in [0.25, 0.3) is 0 Å². The van der Waals surface area contributed by atoms with Gasteiger partial charge in [0.2, 0.25) is 0 Å². The van der Waals surface area contributed by atoms with Gasteiger partial charge in [-0.2, -0.15) is 0 Å². The van der Waals surface area contributed by atoms with Crippen LogP contribution in [0.3, 0.4) is 0 Å². The number of nitrogens with two attached hydrogens (primary N) is 2. The SMILES string of the molecule is Nc1c(C2CCN(Cc3ccccc3)CC2)cnc(Cl)c1N. The van der Waals surface area contributed by atoms with Gasteiger partial charge in [-0.3, -0.25) is 4.90 Å². The van der Waals surface area contributed by atoms with E-state index in [-0.39, 0.29) is 0 Å². The summed E-state index contributed by atoms with van der Waals surface area (Å²) in [6, 6.07) is 10.6. The third-order valence-electron chi connectivity index (χ3n) is 4.42. The first-order valence-electron chi connectivity index (χ1n) is 7.60. The van der Waals surface area contributed by atoms with Crippen LogP contribution in [-0.4, -0.2) is 23.0 Å². The molecule has 1 aliphatic rings. The molecule has 0 aliphatic carbocycles. The summed E-state index contributed by atoms with van der Waals surface area (Å²) in [4.78, 5) is 6.63. The van der Waals surface area contributed by atoms with Crippen molar-refractivity contribution in [2.45, 2.75) is 25.3 Å². The second kappa shape index (κ2) is 6.55. The fourth-order valence-corrected chi connectivity index (χ4v) is 3.25.